The molecular weight excluding hydrogens is 206 g/mol. The van der Waals surface area contributed by atoms with Crippen LogP contribution in [0.2, 0.25) is 0 Å². The Morgan fingerprint density at radius 3 is 2.31 bits per heavy atom. The highest BCUT2D eigenvalue weighted by molar-refractivity contribution is 5.78. The molecule has 4 heteroatoms. The zero-order valence-electron chi connectivity index (χ0n) is 9.77. The van der Waals surface area contributed by atoms with E-state index in [-0.39, 0.29) is 5.92 Å². The number of ether oxygens (including phenoxy) is 2. The monoisotopic (exact) mass is 223 g/mol. The average molecular weight is 223 g/mol. The van der Waals surface area contributed by atoms with Crippen molar-refractivity contribution in [2.24, 2.45) is 11.7 Å². The first-order valence-corrected chi connectivity index (χ1v) is 5.16. The van der Waals surface area contributed by atoms with Gasteiger partial charge in [0.2, 0.25) is 0 Å². The highest BCUT2D eigenvalue weighted by Crippen LogP contribution is 2.26. The van der Waals surface area contributed by atoms with Gasteiger partial charge in [-0.05, 0) is 18.1 Å². The summed E-state index contributed by atoms with van der Waals surface area (Å²) in [4.78, 5) is 11.6. The molecule has 0 saturated heterocycles. The van der Waals surface area contributed by atoms with Crippen molar-refractivity contribution in [2.75, 3.05) is 7.11 Å². The molecule has 0 heterocycles. The first kappa shape index (κ1) is 12.5. The van der Waals surface area contributed by atoms with E-state index >= 15 is 0 Å². The number of hydrogen-bond donors (Lipinski definition) is 1. The Balaban J connectivity index is 2.76. The van der Waals surface area contributed by atoms with Gasteiger partial charge in [-0.3, -0.25) is 0 Å². The third-order valence-electron chi connectivity index (χ3n) is 2.27. The van der Waals surface area contributed by atoms with E-state index in [0.717, 1.165) is 0 Å². The number of carbonyl (C=O) groups excluding carboxylic acids is 1. The number of carbonyl (C=O) groups is 1. The highest BCUT2D eigenvalue weighted by atomic mass is 16.6. The summed E-state index contributed by atoms with van der Waals surface area (Å²) in [7, 11) is 1.52. The van der Waals surface area contributed by atoms with E-state index in [0.29, 0.717) is 11.5 Å². The van der Waals surface area contributed by atoms with Crippen molar-refractivity contribution >= 4 is 5.97 Å². The van der Waals surface area contributed by atoms with Crippen molar-refractivity contribution in [2.45, 2.75) is 19.9 Å². The molecule has 4 nitrogen and oxygen atoms in total. The summed E-state index contributed by atoms with van der Waals surface area (Å²) in [6.45, 7) is 3.74. The summed E-state index contributed by atoms with van der Waals surface area (Å²) in [5, 5.41) is 0. The van der Waals surface area contributed by atoms with E-state index in [4.69, 9.17) is 15.2 Å². The van der Waals surface area contributed by atoms with Gasteiger partial charge in [0.15, 0.2) is 11.5 Å². The third kappa shape index (κ3) is 2.97. The van der Waals surface area contributed by atoms with Crippen LogP contribution in [-0.2, 0) is 4.79 Å². The molecule has 0 aliphatic carbocycles. The summed E-state index contributed by atoms with van der Waals surface area (Å²) < 4.78 is 10.2. The van der Waals surface area contributed by atoms with Crippen molar-refractivity contribution in [1.82, 2.24) is 0 Å². The quantitative estimate of drug-likeness (QED) is 0.622. The fourth-order valence-electron chi connectivity index (χ4n) is 1.15. The molecule has 0 spiro atoms. The van der Waals surface area contributed by atoms with E-state index in [1.54, 1.807) is 24.3 Å². The number of methoxy groups -OCH3 is 1. The largest absolute Gasteiger partial charge is 0.493 e. The fraction of sp³-hybridized carbons (Fsp3) is 0.417. The Morgan fingerprint density at radius 1 is 1.25 bits per heavy atom. The van der Waals surface area contributed by atoms with Crippen molar-refractivity contribution in [3.63, 3.8) is 0 Å². The number of nitrogens with two attached hydrogens (primary N) is 1. The second-order valence-corrected chi connectivity index (χ2v) is 3.84. The summed E-state index contributed by atoms with van der Waals surface area (Å²) in [6.07, 6.45) is 0. The fourth-order valence-corrected chi connectivity index (χ4v) is 1.15. The number of para-hydroxylation sites is 2. The summed E-state index contributed by atoms with van der Waals surface area (Å²) in [6, 6.07) is 6.35. The highest BCUT2D eigenvalue weighted by Gasteiger charge is 2.20. The van der Waals surface area contributed by atoms with Crippen LogP contribution >= 0.6 is 0 Å². The molecule has 0 radical (unpaired) electrons. The first-order chi connectivity index (χ1) is 7.56. The van der Waals surface area contributed by atoms with Crippen LogP contribution in [0.15, 0.2) is 24.3 Å². The van der Waals surface area contributed by atoms with Crippen molar-refractivity contribution in [1.29, 1.82) is 0 Å². The molecule has 0 aliphatic heterocycles. The van der Waals surface area contributed by atoms with Crippen LogP contribution in [0, 0.1) is 5.92 Å². The first-order valence-electron chi connectivity index (χ1n) is 5.16. The smallest absolute Gasteiger partial charge is 0.328 e. The van der Waals surface area contributed by atoms with Gasteiger partial charge < -0.3 is 15.2 Å². The van der Waals surface area contributed by atoms with Gasteiger partial charge in [0.05, 0.1) is 7.11 Å². The summed E-state index contributed by atoms with van der Waals surface area (Å²) in [5.74, 6) is 0.514. The molecular formula is C12H17NO3. The predicted octanol–water partition coefficient (Wildman–Crippen LogP) is 1.58. The van der Waals surface area contributed by atoms with Gasteiger partial charge >= 0.3 is 5.97 Å². The molecule has 1 atom stereocenters. The molecule has 0 amide bonds. The van der Waals surface area contributed by atoms with Crippen LogP contribution < -0.4 is 15.2 Å². The number of esters is 1. The summed E-state index contributed by atoms with van der Waals surface area (Å²) >= 11 is 0. The molecule has 1 aromatic rings. The van der Waals surface area contributed by atoms with Crippen LogP contribution in [0.25, 0.3) is 0 Å². The van der Waals surface area contributed by atoms with Crippen molar-refractivity contribution < 1.29 is 14.3 Å². The van der Waals surface area contributed by atoms with Gasteiger partial charge in [0.1, 0.15) is 6.04 Å². The lowest BCUT2D eigenvalue weighted by molar-refractivity contribution is -0.136. The molecule has 88 valence electrons. The molecule has 0 aliphatic rings. The molecule has 1 aromatic carbocycles. The Hall–Kier alpha value is -1.55. The SMILES string of the molecule is COc1ccccc1OC(=O)[C@@H](N)C(C)C. The Bertz CT molecular complexity index is 363. The van der Waals surface area contributed by atoms with Gasteiger partial charge in [0.25, 0.3) is 0 Å². The molecule has 16 heavy (non-hydrogen) atoms. The van der Waals surface area contributed by atoms with Crippen LogP contribution in [0.5, 0.6) is 11.5 Å². The standard InChI is InChI=1S/C12H17NO3/c1-8(2)11(13)12(14)16-10-7-5-4-6-9(10)15-3/h4-8,11H,13H2,1-3H3/t11-/m0/s1. The second kappa shape index (κ2) is 5.51. The second-order valence-electron chi connectivity index (χ2n) is 3.84. The predicted molar refractivity (Wildman–Crippen MR) is 61.4 cm³/mol. The van der Waals surface area contributed by atoms with E-state index in [1.165, 1.54) is 7.11 Å². The van der Waals surface area contributed by atoms with Crippen LogP contribution in [0.1, 0.15) is 13.8 Å². The van der Waals surface area contributed by atoms with Crippen molar-refractivity contribution in [3.05, 3.63) is 24.3 Å². The minimum absolute atomic E-state index is 0.0437. The van der Waals surface area contributed by atoms with Gasteiger partial charge in [-0.1, -0.05) is 26.0 Å². The van der Waals surface area contributed by atoms with Gasteiger partial charge in [-0.2, -0.15) is 0 Å². The van der Waals surface area contributed by atoms with Crippen LogP contribution in [-0.4, -0.2) is 19.1 Å². The van der Waals surface area contributed by atoms with Crippen LogP contribution in [0.3, 0.4) is 0 Å². The maximum atomic E-state index is 11.6. The zero-order valence-corrected chi connectivity index (χ0v) is 9.77. The molecule has 0 aromatic heterocycles. The average Bonchev–Trinajstić information content (AvgIpc) is 2.28. The lowest BCUT2D eigenvalue weighted by Crippen LogP contribution is -2.38. The molecule has 0 bridgehead atoms. The zero-order chi connectivity index (χ0) is 12.1. The number of hydrogen-bond acceptors (Lipinski definition) is 4. The third-order valence-corrected chi connectivity index (χ3v) is 2.27. The maximum Gasteiger partial charge on any atom is 0.328 e. The normalized spacial score (nSPS) is 12.3. The topological polar surface area (TPSA) is 61.5 Å². The Kier molecular flexibility index (Phi) is 4.31. The molecule has 1 rings (SSSR count). The lowest BCUT2D eigenvalue weighted by atomic mass is 10.1. The number of benzene rings is 1. The lowest BCUT2D eigenvalue weighted by Gasteiger charge is -2.15. The van der Waals surface area contributed by atoms with E-state index in [9.17, 15) is 4.79 Å². The molecule has 0 fully saturated rings. The van der Waals surface area contributed by atoms with Gasteiger partial charge in [0, 0.05) is 0 Å². The van der Waals surface area contributed by atoms with E-state index in [1.807, 2.05) is 13.8 Å². The molecule has 0 unspecified atom stereocenters. The Morgan fingerprint density at radius 2 is 1.81 bits per heavy atom. The van der Waals surface area contributed by atoms with E-state index < -0.39 is 12.0 Å². The number of rotatable bonds is 4. The van der Waals surface area contributed by atoms with Crippen molar-refractivity contribution in [3.8, 4) is 11.5 Å². The van der Waals surface area contributed by atoms with E-state index in [2.05, 4.69) is 0 Å². The van der Waals surface area contributed by atoms with Gasteiger partial charge in [-0.15, -0.1) is 0 Å². The van der Waals surface area contributed by atoms with Gasteiger partial charge in [-0.25, -0.2) is 4.79 Å². The van der Waals surface area contributed by atoms with Crippen LogP contribution in [0.4, 0.5) is 0 Å². The Labute approximate surface area is 95.3 Å². The summed E-state index contributed by atoms with van der Waals surface area (Å²) in [5.41, 5.74) is 5.68. The minimum atomic E-state index is -0.620. The molecule has 2 N–H and O–H groups in total. The maximum absolute atomic E-state index is 11.6. The molecule has 0 saturated carbocycles. The minimum Gasteiger partial charge on any atom is -0.493 e.